The predicted molar refractivity (Wildman–Crippen MR) is 62.4 cm³/mol. The van der Waals surface area contributed by atoms with Crippen LogP contribution in [0.2, 0.25) is 0 Å². The quantitative estimate of drug-likeness (QED) is 0.807. The lowest BCUT2D eigenvalue weighted by Crippen LogP contribution is -2.53. The zero-order valence-corrected chi connectivity index (χ0v) is 10.9. The molecule has 2 N–H and O–H groups in total. The van der Waals surface area contributed by atoms with Crippen LogP contribution >= 0.6 is 0 Å². The third-order valence-electron chi connectivity index (χ3n) is 3.27. The smallest absolute Gasteiger partial charge is 0.306 e. The number of carboxylic acids is 1. The lowest BCUT2D eigenvalue weighted by Gasteiger charge is -2.39. The number of nitrogens with one attached hydrogen (secondary N) is 1. The first kappa shape index (κ1) is 13.0. The van der Waals surface area contributed by atoms with Gasteiger partial charge in [0.1, 0.15) is 5.82 Å². The fourth-order valence-corrected chi connectivity index (χ4v) is 3.37. The molecular weight excluding hydrogens is 258 g/mol. The molecule has 1 aromatic rings. The van der Waals surface area contributed by atoms with E-state index >= 15 is 0 Å². The number of aliphatic carboxylic acids is 1. The van der Waals surface area contributed by atoms with E-state index in [2.05, 4.69) is 9.97 Å². The summed E-state index contributed by atoms with van der Waals surface area (Å²) in [5, 5.41) is 8.90. The number of carboxylic acid groups (broad SMARTS) is 1. The molecule has 1 fully saturated rings. The van der Waals surface area contributed by atoms with Crippen molar-refractivity contribution in [1.29, 1.82) is 0 Å². The van der Waals surface area contributed by atoms with Crippen LogP contribution in [-0.4, -0.2) is 46.9 Å². The summed E-state index contributed by atoms with van der Waals surface area (Å²) in [4.78, 5) is 17.3. The second kappa shape index (κ2) is 4.36. The summed E-state index contributed by atoms with van der Waals surface area (Å²) in [5.41, 5.74) is 0. The van der Waals surface area contributed by atoms with Crippen LogP contribution in [0.1, 0.15) is 12.7 Å². The average Bonchev–Trinajstić information content (AvgIpc) is 2.62. The number of aromatic nitrogens is 2. The highest BCUT2D eigenvalue weighted by atomic mass is 32.2. The van der Waals surface area contributed by atoms with Crippen LogP contribution in [-0.2, 0) is 14.8 Å². The minimum Gasteiger partial charge on any atom is -0.481 e. The molecule has 1 aliphatic rings. The summed E-state index contributed by atoms with van der Waals surface area (Å²) in [5.74, 6) is -1.01. The van der Waals surface area contributed by atoms with Crippen LogP contribution in [0.4, 0.5) is 0 Å². The van der Waals surface area contributed by atoms with Crippen molar-refractivity contribution < 1.29 is 18.3 Å². The second-order valence-electron chi connectivity index (χ2n) is 4.54. The van der Waals surface area contributed by atoms with E-state index in [0.717, 1.165) is 0 Å². The number of sulfonamides is 1. The summed E-state index contributed by atoms with van der Waals surface area (Å²) in [6.07, 6.45) is 1.28. The highest BCUT2D eigenvalue weighted by molar-refractivity contribution is 7.89. The van der Waals surface area contributed by atoms with Gasteiger partial charge in [0.2, 0.25) is 0 Å². The molecule has 1 atom stereocenters. The van der Waals surface area contributed by atoms with E-state index in [1.807, 2.05) is 0 Å². The largest absolute Gasteiger partial charge is 0.481 e. The molecule has 18 heavy (non-hydrogen) atoms. The van der Waals surface area contributed by atoms with Crippen molar-refractivity contribution in [2.75, 3.05) is 13.1 Å². The predicted octanol–water partition coefficient (Wildman–Crippen LogP) is 0.0593. The molecule has 7 nitrogen and oxygen atoms in total. The van der Waals surface area contributed by atoms with Gasteiger partial charge in [0.05, 0.1) is 12.1 Å². The number of aromatic amines is 1. The summed E-state index contributed by atoms with van der Waals surface area (Å²) < 4.78 is 25.4. The first-order valence-corrected chi connectivity index (χ1v) is 7.01. The number of carbonyl (C=O) groups is 1. The molecular formula is C10H15N3O4S. The van der Waals surface area contributed by atoms with Crippen LogP contribution in [0.15, 0.2) is 11.2 Å². The average molecular weight is 273 g/mol. The van der Waals surface area contributed by atoms with Crippen LogP contribution < -0.4 is 0 Å². The van der Waals surface area contributed by atoms with Gasteiger partial charge in [-0.15, -0.1) is 0 Å². The molecule has 100 valence electrons. The van der Waals surface area contributed by atoms with E-state index in [-0.39, 0.29) is 24.0 Å². The molecule has 2 heterocycles. The van der Waals surface area contributed by atoms with Gasteiger partial charge in [0.25, 0.3) is 10.0 Å². The number of hydrogen-bond donors (Lipinski definition) is 2. The van der Waals surface area contributed by atoms with Gasteiger partial charge in [-0.1, -0.05) is 6.92 Å². The van der Waals surface area contributed by atoms with E-state index in [0.29, 0.717) is 5.82 Å². The number of aryl methyl sites for hydroxylation is 1. The standard InChI is InChI=1S/C10H15N3O4S/c1-6(10(14)15)8-4-13(5-8)18(16,17)9-3-11-7(2)12-9/h3,6,8H,4-5H2,1-2H3,(H,11,12)(H,14,15). The topological polar surface area (TPSA) is 103 Å². The summed E-state index contributed by atoms with van der Waals surface area (Å²) >= 11 is 0. The summed E-state index contributed by atoms with van der Waals surface area (Å²) in [6, 6.07) is 0. The van der Waals surface area contributed by atoms with Crippen molar-refractivity contribution in [3.05, 3.63) is 12.0 Å². The Labute approximate surface area is 105 Å². The summed E-state index contributed by atoms with van der Waals surface area (Å²) in [7, 11) is -3.55. The van der Waals surface area contributed by atoms with E-state index in [9.17, 15) is 13.2 Å². The molecule has 1 aliphatic heterocycles. The number of hydrogen-bond acceptors (Lipinski definition) is 4. The third-order valence-corrected chi connectivity index (χ3v) is 5.01. The molecule has 1 saturated heterocycles. The SMILES string of the molecule is Cc1ncc(S(=O)(=O)N2CC(C(C)C(=O)O)C2)[nH]1. The molecule has 0 spiro atoms. The molecule has 0 radical (unpaired) electrons. The number of nitrogens with zero attached hydrogens (tertiary/aromatic N) is 2. The normalized spacial score (nSPS) is 19.4. The Morgan fingerprint density at radius 2 is 2.22 bits per heavy atom. The van der Waals surface area contributed by atoms with Crippen molar-refractivity contribution in [3.63, 3.8) is 0 Å². The van der Waals surface area contributed by atoms with Crippen LogP contribution in [0.25, 0.3) is 0 Å². The minimum atomic E-state index is -3.55. The second-order valence-corrected chi connectivity index (χ2v) is 6.45. The van der Waals surface area contributed by atoms with Gasteiger partial charge in [0, 0.05) is 13.1 Å². The van der Waals surface area contributed by atoms with Crippen molar-refractivity contribution in [1.82, 2.24) is 14.3 Å². The van der Waals surface area contributed by atoms with E-state index in [4.69, 9.17) is 5.11 Å². The molecule has 0 aromatic carbocycles. The van der Waals surface area contributed by atoms with Crippen LogP contribution in [0.3, 0.4) is 0 Å². The van der Waals surface area contributed by atoms with Gasteiger partial charge in [-0.25, -0.2) is 13.4 Å². The maximum atomic E-state index is 12.1. The Kier molecular flexibility index (Phi) is 3.16. The van der Waals surface area contributed by atoms with Crippen molar-refractivity contribution in [2.45, 2.75) is 18.9 Å². The molecule has 0 amide bonds. The molecule has 0 bridgehead atoms. The lowest BCUT2D eigenvalue weighted by atomic mass is 9.89. The Morgan fingerprint density at radius 3 is 2.67 bits per heavy atom. The Hall–Kier alpha value is -1.41. The molecule has 0 aliphatic carbocycles. The van der Waals surface area contributed by atoms with Gasteiger partial charge >= 0.3 is 5.97 Å². The van der Waals surface area contributed by atoms with Gasteiger partial charge < -0.3 is 10.1 Å². The zero-order chi connectivity index (χ0) is 13.5. The maximum absolute atomic E-state index is 12.1. The van der Waals surface area contributed by atoms with Gasteiger partial charge in [-0.2, -0.15) is 4.31 Å². The highest BCUT2D eigenvalue weighted by Crippen LogP contribution is 2.29. The number of imidazole rings is 1. The zero-order valence-electron chi connectivity index (χ0n) is 10.1. The number of H-pyrrole nitrogens is 1. The Balaban J connectivity index is 2.06. The van der Waals surface area contributed by atoms with E-state index < -0.39 is 21.9 Å². The van der Waals surface area contributed by atoms with E-state index in [1.54, 1.807) is 13.8 Å². The van der Waals surface area contributed by atoms with Crippen molar-refractivity contribution >= 4 is 16.0 Å². The van der Waals surface area contributed by atoms with Gasteiger partial charge in [-0.05, 0) is 12.8 Å². The maximum Gasteiger partial charge on any atom is 0.306 e. The fraction of sp³-hybridized carbons (Fsp3) is 0.600. The molecule has 1 unspecified atom stereocenters. The molecule has 1 aromatic heterocycles. The van der Waals surface area contributed by atoms with Crippen LogP contribution in [0.5, 0.6) is 0 Å². The highest BCUT2D eigenvalue weighted by Gasteiger charge is 2.41. The minimum absolute atomic E-state index is 0.0569. The van der Waals surface area contributed by atoms with Gasteiger partial charge in [0.15, 0.2) is 5.03 Å². The van der Waals surface area contributed by atoms with E-state index in [1.165, 1.54) is 10.5 Å². The van der Waals surface area contributed by atoms with Crippen LogP contribution in [0, 0.1) is 18.8 Å². The number of rotatable bonds is 4. The third kappa shape index (κ3) is 2.13. The first-order chi connectivity index (χ1) is 8.32. The summed E-state index contributed by atoms with van der Waals surface area (Å²) in [6.45, 7) is 3.75. The van der Waals surface area contributed by atoms with Crippen molar-refractivity contribution in [2.24, 2.45) is 11.8 Å². The lowest BCUT2D eigenvalue weighted by molar-refractivity contribution is -0.144. The first-order valence-electron chi connectivity index (χ1n) is 5.57. The monoisotopic (exact) mass is 273 g/mol. The Morgan fingerprint density at radius 1 is 1.61 bits per heavy atom. The molecule has 8 heteroatoms. The molecule has 0 saturated carbocycles. The fourth-order valence-electron chi connectivity index (χ4n) is 1.85. The molecule has 2 rings (SSSR count). The van der Waals surface area contributed by atoms with Gasteiger partial charge in [-0.3, -0.25) is 4.79 Å². The Bertz CT molecular complexity index is 559. The van der Waals surface area contributed by atoms with Crippen molar-refractivity contribution in [3.8, 4) is 0 Å².